The summed E-state index contributed by atoms with van der Waals surface area (Å²) in [5, 5.41) is 3.14. The van der Waals surface area contributed by atoms with Crippen LogP contribution in [0.25, 0.3) is 0 Å². The second kappa shape index (κ2) is 6.45. The summed E-state index contributed by atoms with van der Waals surface area (Å²) in [5.41, 5.74) is 1.18. The van der Waals surface area contributed by atoms with E-state index in [0.717, 1.165) is 10.9 Å². The number of amides is 3. The molecule has 1 N–H and O–H groups in total. The van der Waals surface area contributed by atoms with E-state index in [-0.39, 0.29) is 5.91 Å². The highest BCUT2D eigenvalue weighted by Gasteiger charge is 2.48. The Morgan fingerprint density at radius 1 is 1.35 bits per heavy atom. The molecule has 2 aliphatic heterocycles. The Morgan fingerprint density at radius 2 is 2.09 bits per heavy atom. The van der Waals surface area contributed by atoms with Crippen molar-refractivity contribution in [1.29, 1.82) is 0 Å². The Kier molecular flexibility index (Phi) is 4.38. The van der Waals surface area contributed by atoms with Crippen LogP contribution in [0.1, 0.15) is 5.56 Å². The van der Waals surface area contributed by atoms with E-state index in [0.29, 0.717) is 6.54 Å². The van der Waals surface area contributed by atoms with Crippen molar-refractivity contribution < 1.29 is 9.59 Å². The zero-order valence-electron chi connectivity index (χ0n) is 12.8. The van der Waals surface area contributed by atoms with E-state index in [2.05, 4.69) is 29.0 Å². The van der Waals surface area contributed by atoms with Gasteiger partial charge in [0.2, 0.25) is 0 Å². The number of benzene rings is 1. The van der Waals surface area contributed by atoms with Gasteiger partial charge >= 0.3 is 6.03 Å². The minimum atomic E-state index is -0.492. The number of fused-ring (bicyclic) bond motifs is 1. The van der Waals surface area contributed by atoms with Gasteiger partial charge in [-0.1, -0.05) is 48.2 Å². The molecule has 2 atom stereocenters. The molecule has 0 spiro atoms. The number of urea groups is 1. The number of hydrogen-bond acceptors (Lipinski definition) is 5. The lowest BCUT2D eigenvalue weighted by molar-refractivity contribution is -0.126. The van der Waals surface area contributed by atoms with Gasteiger partial charge in [0.1, 0.15) is 0 Å². The number of carbonyl (C=O) groups excluding carboxylic acids is 2. The molecule has 0 bridgehead atoms. The fraction of sp³-hybridized carbons (Fsp3) is 0.312. The van der Waals surface area contributed by atoms with Gasteiger partial charge < -0.3 is 9.80 Å². The van der Waals surface area contributed by atoms with Gasteiger partial charge in [-0.2, -0.15) is 0 Å². The minimum absolute atomic E-state index is 0.306. The minimum Gasteiger partial charge on any atom is -0.332 e. The maximum Gasteiger partial charge on any atom is 0.325 e. The van der Waals surface area contributed by atoms with Gasteiger partial charge in [0.15, 0.2) is 17.4 Å². The van der Waals surface area contributed by atoms with Gasteiger partial charge in [0.25, 0.3) is 5.91 Å². The Morgan fingerprint density at radius 3 is 2.78 bits per heavy atom. The van der Waals surface area contributed by atoms with Crippen LogP contribution < -0.4 is 5.32 Å². The number of likely N-dealkylation sites (N-methyl/N-ethyl adjacent to an activating group) is 1. The van der Waals surface area contributed by atoms with Gasteiger partial charge in [-0.15, -0.1) is 6.58 Å². The highest BCUT2D eigenvalue weighted by atomic mass is 32.2. The Bertz CT molecular complexity index is 661. The Labute approximate surface area is 139 Å². The summed E-state index contributed by atoms with van der Waals surface area (Å²) in [4.78, 5) is 32.0. The molecule has 6 nitrogen and oxygen atoms in total. The number of carbonyl (C=O) groups is 2. The lowest BCUT2D eigenvalue weighted by atomic mass is 10.1. The molecule has 2 heterocycles. The smallest absolute Gasteiger partial charge is 0.325 e. The predicted molar refractivity (Wildman–Crippen MR) is 91.0 cm³/mol. The van der Waals surface area contributed by atoms with Crippen LogP contribution in [0, 0.1) is 0 Å². The number of nitrogens with one attached hydrogen (secondary N) is 1. The average molecular weight is 330 g/mol. The molecule has 1 aromatic carbocycles. The second-order valence-electron chi connectivity index (χ2n) is 5.39. The molecule has 1 fully saturated rings. The quantitative estimate of drug-likeness (QED) is 0.853. The van der Waals surface area contributed by atoms with Crippen molar-refractivity contribution in [3.05, 3.63) is 48.6 Å². The third-order valence-corrected chi connectivity index (χ3v) is 4.93. The van der Waals surface area contributed by atoms with Crippen LogP contribution in [0.2, 0.25) is 0 Å². The van der Waals surface area contributed by atoms with Crippen molar-refractivity contribution in [3.8, 4) is 0 Å². The van der Waals surface area contributed by atoms with Crippen molar-refractivity contribution >= 4 is 28.9 Å². The molecule has 2 aliphatic rings. The number of imide groups is 1. The second-order valence-corrected chi connectivity index (χ2v) is 6.33. The van der Waals surface area contributed by atoms with Gasteiger partial charge in [-0.05, 0) is 5.56 Å². The first-order valence-corrected chi connectivity index (χ1v) is 8.30. The molecule has 1 saturated heterocycles. The number of rotatable bonds is 4. The lowest BCUT2D eigenvalue weighted by Gasteiger charge is -2.35. The van der Waals surface area contributed by atoms with Crippen LogP contribution in [0.15, 0.2) is 48.0 Å². The molecular formula is C16H18N4O2S. The van der Waals surface area contributed by atoms with Crippen LogP contribution in [-0.4, -0.2) is 52.7 Å². The number of thioether (sulfide) groups is 1. The van der Waals surface area contributed by atoms with E-state index in [9.17, 15) is 9.59 Å². The van der Waals surface area contributed by atoms with Crippen molar-refractivity contribution in [1.82, 2.24) is 15.1 Å². The maximum absolute atomic E-state index is 12.2. The van der Waals surface area contributed by atoms with E-state index in [1.165, 1.54) is 10.5 Å². The topological polar surface area (TPSA) is 65.0 Å². The summed E-state index contributed by atoms with van der Waals surface area (Å²) >= 11 is 1.57. The molecule has 3 rings (SSSR count). The highest BCUT2D eigenvalue weighted by molar-refractivity contribution is 8.13. The first-order chi connectivity index (χ1) is 11.1. The van der Waals surface area contributed by atoms with Gasteiger partial charge in [0, 0.05) is 19.3 Å². The van der Waals surface area contributed by atoms with E-state index in [4.69, 9.17) is 0 Å². The largest absolute Gasteiger partial charge is 0.332 e. The Hall–Kier alpha value is -2.28. The number of aliphatic imine (C=N–C) groups is 1. The van der Waals surface area contributed by atoms with Gasteiger partial charge in [-0.25, -0.2) is 9.79 Å². The molecule has 1 aromatic rings. The third kappa shape index (κ3) is 2.96. The zero-order chi connectivity index (χ0) is 16.4. The standard InChI is InChI=1S/C16H18N4O2S/c1-3-9-20-12-13(19(2)15(22)18-14(12)21)17-16(20)23-10-11-7-5-4-6-8-11/h3-8,12-13H,1,9-10H2,2H3,(H,18,21,22). The normalized spacial score (nSPS) is 23.4. The fourth-order valence-electron chi connectivity index (χ4n) is 2.67. The van der Waals surface area contributed by atoms with E-state index < -0.39 is 18.2 Å². The summed E-state index contributed by atoms with van der Waals surface area (Å²) in [6.45, 7) is 4.27. The van der Waals surface area contributed by atoms with Crippen molar-refractivity contribution in [2.75, 3.05) is 13.6 Å². The molecule has 0 radical (unpaired) electrons. The zero-order valence-corrected chi connectivity index (χ0v) is 13.6. The van der Waals surface area contributed by atoms with Crippen molar-refractivity contribution in [3.63, 3.8) is 0 Å². The third-order valence-electron chi connectivity index (χ3n) is 3.86. The van der Waals surface area contributed by atoms with E-state index in [1.807, 2.05) is 23.1 Å². The number of hydrogen-bond donors (Lipinski definition) is 1. The van der Waals surface area contributed by atoms with Crippen LogP contribution in [0.5, 0.6) is 0 Å². The van der Waals surface area contributed by atoms with Crippen molar-refractivity contribution in [2.24, 2.45) is 4.99 Å². The summed E-state index contributed by atoms with van der Waals surface area (Å²) in [7, 11) is 1.65. The number of nitrogens with zero attached hydrogens (tertiary/aromatic N) is 3. The molecule has 3 amide bonds. The van der Waals surface area contributed by atoms with E-state index >= 15 is 0 Å². The first-order valence-electron chi connectivity index (χ1n) is 7.31. The van der Waals surface area contributed by atoms with Gasteiger partial charge in [0.05, 0.1) is 0 Å². The summed E-state index contributed by atoms with van der Waals surface area (Å²) in [5.74, 6) is 0.450. The SMILES string of the molecule is C=CCN1C(SCc2ccccc2)=NC2C1C(=O)NC(=O)N2C. The van der Waals surface area contributed by atoms with Gasteiger partial charge in [-0.3, -0.25) is 10.1 Å². The predicted octanol–water partition coefficient (Wildman–Crippen LogP) is 1.65. The molecule has 23 heavy (non-hydrogen) atoms. The highest BCUT2D eigenvalue weighted by Crippen LogP contribution is 2.29. The molecule has 2 unspecified atom stereocenters. The summed E-state index contributed by atoms with van der Waals surface area (Å²) < 4.78 is 0. The summed E-state index contributed by atoms with van der Waals surface area (Å²) in [6.07, 6.45) is 1.26. The van der Waals surface area contributed by atoms with Crippen LogP contribution in [0.3, 0.4) is 0 Å². The monoisotopic (exact) mass is 330 g/mol. The fourth-order valence-corrected chi connectivity index (χ4v) is 3.70. The molecule has 0 aliphatic carbocycles. The van der Waals surface area contributed by atoms with E-state index in [1.54, 1.807) is 24.9 Å². The Balaban J connectivity index is 1.81. The van der Waals surface area contributed by atoms with Crippen molar-refractivity contribution in [2.45, 2.75) is 18.0 Å². The first kappa shape index (κ1) is 15.6. The molecule has 7 heteroatoms. The lowest BCUT2D eigenvalue weighted by Crippen LogP contribution is -2.63. The number of amidine groups is 1. The maximum atomic E-state index is 12.2. The summed E-state index contributed by atoms with van der Waals surface area (Å²) in [6, 6.07) is 9.17. The molecule has 0 aromatic heterocycles. The molecule has 120 valence electrons. The molecule has 0 saturated carbocycles. The van der Waals surface area contributed by atoms with Crippen LogP contribution in [-0.2, 0) is 10.5 Å². The molecular weight excluding hydrogens is 312 g/mol. The van der Waals surface area contributed by atoms with Crippen LogP contribution in [0.4, 0.5) is 4.79 Å². The van der Waals surface area contributed by atoms with Crippen LogP contribution >= 0.6 is 11.8 Å². The average Bonchev–Trinajstić information content (AvgIpc) is 2.91.